The second kappa shape index (κ2) is 7.14. The lowest BCUT2D eigenvalue weighted by atomic mass is 10.1. The first kappa shape index (κ1) is 16.0. The van der Waals surface area contributed by atoms with Gasteiger partial charge in [-0.05, 0) is 29.8 Å². The standard InChI is InChI=1S/C17H14ClN3O3/c1-23-12-6-5-11(13(18)9-12)8-16(22)20-17-10-15(21-24-17)14-4-2-3-7-19-14/h2-7,9-10H,8H2,1H3,(H,20,22). The fourth-order valence-electron chi connectivity index (χ4n) is 2.12. The van der Waals surface area contributed by atoms with E-state index in [0.29, 0.717) is 27.7 Å². The topological polar surface area (TPSA) is 77.2 Å². The van der Waals surface area contributed by atoms with Gasteiger partial charge in [-0.25, -0.2) is 0 Å². The van der Waals surface area contributed by atoms with Crippen LogP contribution in [0.5, 0.6) is 5.75 Å². The van der Waals surface area contributed by atoms with E-state index >= 15 is 0 Å². The van der Waals surface area contributed by atoms with Crippen molar-refractivity contribution in [3.8, 4) is 17.1 Å². The molecule has 2 heterocycles. The number of amides is 1. The molecule has 1 N–H and O–H groups in total. The molecule has 0 saturated heterocycles. The number of hydrogen-bond acceptors (Lipinski definition) is 5. The lowest BCUT2D eigenvalue weighted by Gasteiger charge is -2.06. The van der Waals surface area contributed by atoms with Crippen LogP contribution in [0.15, 0.2) is 53.2 Å². The summed E-state index contributed by atoms with van der Waals surface area (Å²) in [5.74, 6) is 0.635. The highest BCUT2D eigenvalue weighted by Gasteiger charge is 2.12. The number of benzene rings is 1. The van der Waals surface area contributed by atoms with Gasteiger partial charge in [-0.1, -0.05) is 28.9 Å². The van der Waals surface area contributed by atoms with Crippen LogP contribution in [0.4, 0.5) is 5.88 Å². The van der Waals surface area contributed by atoms with Crippen molar-refractivity contribution in [2.24, 2.45) is 0 Å². The molecule has 122 valence electrons. The summed E-state index contributed by atoms with van der Waals surface area (Å²) in [6.45, 7) is 0. The van der Waals surface area contributed by atoms with E-state index in [9.17, 15) is 4.79 Å². The van der Waals surface area contributed by atoms with Gasteiger partial charge >= 0.3 is 0 Å². The number of nitrogens with zero attached hydrogens (tertiary/aromatic N) is 2. The van der Waals surface area contributed by atoms with Crippen molar-refractivity contribution < 1.29 is 14.1 Å². The van der Waals surface area contributed by atoms with Crippen LogP contribution in [0, 0.1) is 0 Å². The molecule has 3 rings (SSSR count). The van der Waals surface area contributed by atoms with E-state index in [1.807, 2.05) is 12.1 Å². The molecule has 0 fully saturated rings. The maximum atomic E-state index is 12.1. The van der Waals surface area contributed by atoms with Gasteiger partial charge in [0.1, 0.15) is 11.4 Å². The van der Waals surface area contributed by atoms with Crippen LogP contribution >= 0.6 is 11.6 Å². The fourth-order valence-corrected chi connectivity index (χ4v) is 2.36. The molecule has 0 radical (unpaired) electrons. The van der Waals surface area contributed by atoms with Crippen molar-refractivity contribution in [2.45, 2.75) is 6.42 Å². The number of anilines is 1. The highest BCUT2D eigenvalue weighted by Crippen LogP contribution is 2.24. The third-order valence-electron chi connectivity index (χ3n) is 3.31. The minimum atomic E-state index is -0.259. The first-order valence-electron chi connectivity index (χ1n) is 7.16. The number of ether oxygens (including phenoxy) is 1. The molecule has 0 bridgehead atoms. The number of hydrogen-bond donors (Lipinski definition) is 1. The molecule has 3 aromatic rings. The Morgan fingerprint density at radius 1 is 1.25 bits per heavy atom. The number of halogens is 1. The minimum Gasteiger partial charge on any atom is -0.497 e. The highest BCUT2D eigenvalue weighted by molar-refractivity contribution is 6.31. The lowest BCUT2D eigenvalue weighted by Crippen LogP contribution is -2.14. The first-order chi connectivity index (χ1) is 11.7. The van der Waals surface area contributed by atoms with Gasteiger partial charge in [-0.15, -0.1) is 0 Å². The molecule has 0 aliphatic rings. The van der Waals surface area contributed by atoms with Crippen molar-refractivity contribution in [3.05, 3.63) is 59.2 Å². The van der Waals surface area contributed by atoms with Gasteiger partial charge in [-0.3, -0.25) is 15.1 Å². The Balaban J connectivity index is 1.66. The first-order valence-corrected chi connectivity index (χ1v) is 7.54. The number of rotatable bonds is 5. The molecule has 7 heteroatoms. The Hall–Kier alpha value is -2.86. The Morgan fingerprint density at radius 3 is 2.83 bits per heavy atom. The van der Waals surface area contributed by atoms with Crippen LogP contribution in [0.25, 0.3) is 11.4 Å². The third-order valence-corrected chi connectivity index (χ3v) is 3.66. The van der Waals surface area contributed by atoms with Crippen molar-refractivity contribution in [1.29, 1.82) is 0 Å². The second-order valence-electron chi connectivity index (χ2n) is 4.97. The van der Waals surface area contributed by atoms with Crippen LogP contribution in [0.2, 0.25) is 5.02 Å². The highest BCUT2D eigenvalue weighted by atomic mass is 35.5. The summed E-state index contributed by atoms with van der Waals surface area (Å²) in [5.41, 5.74) is 1.91. The summed E-state index contributed by atoms with van der Waals surface area (Å²) in [5, 5.41) is 7.01. The van der Waals surface area contributed by atoms with Crippen molar-refractivity contribution in [1.82, 2.24) is 10.1 Å². The Kier molecular flexibility index (Phi) is 4.77. The Morgan fingerprint density at radius 2 is 2.12 bits per heavy atom. The number of carbonyl (C=O) groups excluding carboxylic acids is 1. The van der Waals surface area contributed by atoms with Crippen LogP contribution in [0.1, 0.15) is 5.56 Å². The van der Waals surface area contributed by atoms with E-state index in [4.69, 9.17) is 20.9 Å². The fraction of sp³-hybridized carbons (Fsp3) is 0.118. The van der Waals surface area contributed by atoms with Gasteiger partial charge in [0.05, 0.1) is 19.2 Å². The number of carbonyl (C=O) groups is 1. The van der Waals surface area contributed by atoms with E-state index in [1.54, 1.807) is 43.6 Å². The number of pyridine rings is 1. The minimum absolute atomic E-state index is 0.114. The molecule has 2 aromatic heterocycles. The van der Waals surface area contributed by atoms with E-state index in [2.05, 4.69) is 15.5 Å². The molecule has 0 aliphatic heterocycles. The number of methoxy groups -OCH3 is 1. The van der Waals surface area contributed by atoms with Gasteiger partial charge in [0.15, 0.2) is 0 Å². The molecule has 0 aliphatic carbocycles. The molecular weight excluding hydrogens is 330 g/mol. The maximum absolute atomic E-state index is 12.1. The predicted molar refractivity (Wildman–Crippen MR) is 90.1 cm³/mol. The van der Waals surface area contributed by atoms with Crippen molar-refractivity contribution >= 4 is 23.4 Å². The molecule has 0 spiro atoms. The molecule has 0 saturated carbocycles. The zero-order valence-corrected chi connectivity index (χ0v) is 13.6. The van der Waals surface area contributed by atoms with Crippen LogP contribution in [-0.2, 0) is 11.2 Å². The van der Waals surface area contributed by atoms with E-state index < -0.39 is 0 Å². The predicted octanol–water partition coefficient (Wildman–Crippen LogP) is 3.58. The SMILES string of the molecule is COc1ccc(CC(=O)Nc2cc(-c3ccccn3)no2)c(Cl)c1. The van der Waals surface area contributed by atoms with E-state index in [1.165, 1.54) is 0 Å². The summed E-state index contributed by atoms with van der Waals surface area (Å²) in [7, 11) is 1.56. The monoisotopic (exact) mass is 343 g/mol. The van der Waals surface area contributed by atoms with E-state index in [0.717, 1.165) is 0 Å². The molecule has 0 unspecified atom stereocenters. The van der Waals surface area contributed by atoms with Gasteiger partial charge in [0.25, 0.3) is 0 Å². The van der Waals surface area contributed by atoms with E-state index in [-0.39, 0.29) is 18.2 Å². The smallest absolute Gasteiger partial charge is 0.231 e. The van der Waals surface area contributed by atoms with Crippen LogP contribution in [0.3, 0.4) is 0 Å². The average Bonchev–Trinajstić information content (AvgIpc) is 3.06. The molecule has 24 heavy (non-hydrogen) atoms. The largest absolute Gasteiger partial charge is 0.497 e. The molecule has 1 amide bonds. The van der Waals surface area contributed by atoms with Crippen LogP contribution in [-0.4, -0.2) is 23.2 Å². The average molecular weight is 344 g/mol. The van der Waals surface area contributed by atoms with Gasteiger partial charge in [0, 0.05) is 17.3 Å². The number of nitrogens with one attached hydrogen (secondary N) is 1. The maximum Gasteiger partial charge on any atom is 0.231 e. The number of aromatic nitrogens is 2. The molecule has 1 aromatic carbocycles. The Bertz CT molecular complexity index is 849. The summed E-state index contributed by atoms with van der Waals surface area (Å²) in [6.07, 6.45) is 1.77. The normalized spacial score (nSPS) is 10.4. The van der Waals surface area contributed by atoms with Crippen LogP contribution < -0.4 is 10.1 Å². The zero-order valence-electron chi connectivity index (χ0n) is 12.8. The lowest BCUT2D eigenvalue weighted by molar-refractivity contribution is -0.115. The molecule has 0 atom stereocenters. The Labute approximate surface area is 143 Å². The summed E-state index contributed by atoms with van der Waals surface area (Å²) in [4.78, 5) is 16.3. The summed E-state index contributed by atoms with van der Waals surface area (Å²) in [6, 6.07) is 12.3. The zero-order chi connectivity index (χ0) is 16.9. The summed E-state index contributed by atoms with van der Waals surface area (Å²) >= 11 is 6.14. The molecular formula is C17H14ClN3O3. The quantitative estimate of drug-likeness (QED) is 0.766. The van der Waals surface area contributed by atoms with Gasteiger partial charge in [0.2, 0.25) is 11.8 Å². The second-order valence-corrected chi connectivity index (χ2v) is 5.38. The van der Waals surface area contributed by atoms with Gasteiger partial charge in [-0.2, -0.15) is 0 Å². The van der Waals surface area contributed by atoms with Crippen molar-refractivity contribution in [3.63, 3.8) is 0 Å². The summed E-state index contributed by atoms with van der Waals surface area (Å²) < 4.78 is 10.2. The van der Waals surface area contributed by atoms with Gasteiger partial charge < -0.3 is 9.26 Å². The third kappa shape index (κ3) is 3.72. The molecule has 6 nitrogen and oxygen atoms in total. The van der Waals surface area contributed by atoms with Crippen molar-refractivity contribution in [2.75, 3.05) is 12.4 Å².